The van der Waals surface area contributed by atoms with Crippen LogP contribution in [0.15, 0.2) is 24.3 Å². The van der Waals surface area contributed by atoms with Crippen molar-refractivity contribution in [2.75, 3.05) is 11.9 Å². The van der Waals surface area contributed by atoms with Gasteiger partial charge < -0.3 is 10.6 Å². The maximum atomic E-state index is 13.2. The molecule has 0 radical (unpaired) electrons. The number of unbranched alkanes of at least 4 members (excludes halogenated alkanes) is 2. The van der Waals surface area contributed by atoms with Gasteiger partial charge in [0.05, 0.1) is 0 Å². The molecule has 1 aromatic carbocycles. The molecule has 1 fully saturated rings. The van der Waals surface area contributed by atoms with Crippen molar-refractivity contribution in [3.63, 3.8) is 0 Å². The van der Waals surface area contributed by atoms with Gasteiger partial charge in [0.15, 0.2) is 0 Å². The fourth-order valence-electron chi connectivity index (χ4n) is 3.16. The summed E-state index contributed by atoms with van der Waals surface area (Å²) >= 11 is 0. The highest BCUT2D eigenvalue weighted by Crippen LogP contribution is 2.30. The van der Waals surface area contributed by atoms with Gasteiger partial charge in [0, 0.05) is 24.1 Å². The van der Waals surface area contributed by atoms with Crippen LogP contribution in [0.2, 0.25) is 0 Å². The molecule has 1 aliphatic rings. The average Bonchev–Trinajstić information content (AvgIpc) is 2.58. The third-order valence-corrected chi connectivity index (χ3v) is 4.64. The van der Waals surface area contributed by atoms with E-state index in [2.05, 4.69) is 17.6 Å². The van der Waals surface area contributed by atoms with Crippen LogP contribution in [0.1, 0.15) is 51.9 Å². The van der Waals surface area contributed by atoms with Crippen molar-refractivity contribution in [2.45, 2.75) is 51.9 Å². The summed E-state index contributed by atoms with van der Waals surface area (Å²) in [6.07, 6.45) is 6.17. The third-order valence-electron chi connectivity index (χ3n) is 4.64. The van der Waals surface area contributed by atoms with Crippen LogP contribution in [-0.4, -0.2) is 18.4 Å². The fourth-order valence-corrected chi connectivity index (χ4v) is 3.16. The van der Waals surface area contributed by atoms with Gasteiger partial charge in [-0.15, -0.1) is 0 Å². The lowest BCUT2D eigenvalue weighted by molar-refractivity contribution is -0.128. The van der Waals surface area contributed by atoms with Crippen molar-refractivity contribution in [2.24, 2.45) is 11.8 Å². The van der Waals surface area contributed by atoms with Crippen LogP contribution in [0.5, 0.6) is 0 Å². The van der Waals surface area contributed by atoms with Gasteiger partial charge in [-0.2, -0.15) is 0 Å². The third kappa shape index (κ3) is 5.62. The number of benzene rings is 1. The Bertz CT molecular complexity index is 554. The number of nitrogens with one attached hydrogen (secondary N) is 2. The van der Waals surface area contributed by atoms with E-state index in [1.807, 2.05) is 0 Å². The van der Waals surface area contributed by atoms with Crippen molar-refractivity contribution in [1.82, 2.24) is 5.32 Å². The lowest BCUT2D eigenvalue weighted by atomic mass is 9.81. The Kier molecular flexibility index (Phi) is 7.22. The van der Waals surface area contributed by atoms with E-state index >= 15 is 0 Å². The minimum absolute atomic E-state index is 0.0184. The van der Waals surface area contributed by atoms with E-state index in [4.69, 9.17) is 0 Å². The van der Waals surface area contributed by atoms with Gasteiger partial charge in [-0.05, 0) is 50.3 Å². The summed E-state index contributed by atoms with van der Waals surface area (Å²) < 4.78 is 13.2. The van der Waals surface area contributed by atoms with Gasteiger partial charge in [0.2, 0.25) is 11.8 Å². The summed E-state index contributed by atoms with van der Waals surface area (Å²) in [4.78, 5) is 24.4. The van der Waals surface area contributed by atoms with E-state index in [9.17, 15) is 14.0 Å². The molecule has 0 unspecified atom stereocenters. The molecule has 0 aromatic heterocycles. The number of rotatable bonds is 7. The van der Waals surface area contributed by atoms with Crippen LogP contribution in [0, 0.1) is 17.7 Å². The maximum Gasteiger partial charge on any atom is 0.227 e. The quantitative estimate of drug-likeness (QED) is 0.744. The number of hydrogen-bond acceptors (Lipinski definition) is 2. The molecular weight excluding hydrogens is 307 g/mol. The van der Waals surface area contributed by atoms with E-state index in [1.165, 1.54) is 12.1 Å². The first-order chi connectivity index (χ1) is 11.6. The van der Waals surface area contributed by atoms with Gasteiger partial charge in [-0.3, -0.25) is 9.59 Å². The number of halogens is 1. The minimum atomic E-state index is -0.365. The van der Waals surface area contributed by atoms with Gasteiger partial charge in [0.25, 0.3) is 0 Å². The molecule has 2 N–H and O–H groups in total. The molecular formula is C19H27FN2O2. The number of hydrogen-bond donors (Lipinski definition) is 2. The second-order valence-electron chi connectivity index (χ2n) is 6.55. The molecule has 0 saturated heterocycles. The molecule has 132 valence electrons. The maximum absolute atomic E-state index is 13.2. The van der Waals surface area contributed by atoms with Gasteiger partial charge in [-0.1, -0.05) is 25.8 Å². The van der Waals surface area contributed by atoms with Crippen molar-refractivity contribution >= 4 is 17.5 Å². The van der Waals surface area contributed by atoms with E-state index in [0.29, 0.717) is 18.5 Å². The van der Waals surface area contributed by atoms with Crippen molar-refractivity contribution in [3.8, 4) is 0 Å². The normalized spacial score (nSPS) is 20.4. The van der Waals surface area contributed by atoms with E-state index in [-0.39, 0.29) is 29.5 Å². The summed E-state index contributed by atoms with van der Waals surface area (Å²) in [6, 6.07) is 5.91. The summed E-state index contributed by atoms with van der Waals surface area (Å²) in [5.74, 6) is -0.406. The monoisotopic (exact) mass is 334 g/mol. The SMILES string of the molecule is CCCCCNC(=O)C1CCC(C(=O)Nc2cccc(F)c2)CC1. The predicted octanol–water partition coefficient (Wildman–Crippen LogP) is 3.88. The molecule has 2 amide bonds. The molecule has 1 aromatic rings. The molecule has 0 spiro atoms. The Morgan fingerprint density at radius 3 is 2.38 bits per heavy atom. The Hall–Kier alpha value is -1.91. The lowest BCUT2D eigenvalue weighted by Gasteiger charge is -2.27. The first kappa shape index (κ1) is 18.4. The van der Waals surface area contributed by atoms with E-state index in [1.54, 1.807) is 12.1 Å². The zero-order valence-electron chi connectivity index (χ0n) is 14.3. The first-order valence-electron chi connectivity index (χ1n) is 8.94. The highest BCUT2D eigenvalue weighted by Gasteiger charge is 2.29. The smallest absolute Gasteiger partial charge is 0.227 e. The lowest BCUT2D eigenvalue weighted by Crippen LogP contribution is -2.35. The summed E-state index contributed by atoms with van der Waals surface area (Å²) in [7, 11) is 0. The molecule has 0 aliphatic heterocycles. The second kappa shape index (κ2) is 9.40. The summed E-state index contributed by atoms with van der Waals surface area (Å²) in [5, 5.41) is 5.76. The molecule has 0 heterocycles. The Balaban J connectivity index is 1.73. The van der Waals surface area contributed by atoms with Crippen LogP contribution in [0.25, 0.3) is 0 Å². The summed E-state index contributed by atoms with van der Waals surface area (Å²) in [6.45, 7) is 2.88. The topological polar surface area (TPSA) is 58.2 Å². The van der Waals surface area contributed by atoms with Gasteiger partial charge in [-0.25, -0.2) is 4.39 Å². The average molecular weight is 334 g/mol. The standard InChI is InChI=1S/C19H27FN2O2/c1-2-3-4-12-21-18(23)14-8-10-15(11-9-14)19(24)22-17-7-5-6-16(20)13-17/h5-7,13-15H,2-4,8-12H2,1H3,(H,21,23)(H,22,24). The van der Waals surface area contributed by atoms with Gasteiger partial charge in [0.1, 0.15) is 5.82 Å². The van der Waals surface area contributed by atoms with Crippen molar-refractivity contribution < 1.29 is 14.0 Å². The van der Waals surface area contributed by atoms with Crippen molar-refractivity contribution in [1.29, 1.82) is 0 Å². The van der Waals surface area contributed by atoms with Crippen LogP contribution in [-0.2, 0) is 9.59 Å². The molecule has 1 saturated carbocycles. The highest BCUT2D eigenvalue weighted by atomic mass is 19.1. The number of anilines is 1. The largest absolute Gasteiger partial charge is 0.356 e. The number of carbonyl (C=O) groups is 2. The zero-order chi connectivity index (χ0) is 17.4. The number of carbonyl (C=O) groups excluding carboxylic acids is 2. The van der Waals surface area contributed by atoms with Crippen LogP contribution >= 0.6 is 0 Å². The molecule has 0 bridgehead atoms. The second-order valence-corrected chi connectivity index (χ2v) is 6.55. The number of amides is 2. The van der Waals surface area contributed by atoms with E-state index in [0.717, 1.165) is 38.6 Å². The van der Waals surface area contributed by atoms with Gasteiger partial charge >= 0.3 is 0 Å². The molecule has 24 heavy (non-hydrogen) atoms. The molecule has 2 rings (SSSR count). The Morgan fingerprint density at radius 2 is 1.75 bits per heavy atom. The van der Waals surface area contributed by atoms with Crippen molar-refractivity contribution in [3.05, 3.63) is 30.1 Å². The highest BCUT2D eigenvalue weighted by molar-refractivity contribution is 5.92. The molecule has 0 atom stereocenters. The van der Waals surface area contributed by atoms with E-state index < -0.39 is 0 Å². The summed E-state index contributed by atoms with van der Waals surface area (Å²) in [5.41, 5.74) is 0.482. The predicted molar refractivity (Wildman–Crippen MR) is 93.0 cm³/mol. The molecule has 4 nitrogen and oxygen atoms in total. The molecule has 1 aliphatic carbocycles. The minimum Gasteiger partial charge on any atom is -0.356 e. The first-order valence-corrected chi connectivity index (χ1v) is 8.94. The fraction of sp³-hybridized carbons (Fsp3) is 0.579. The van der Waals surface area contributed by atoms with Crippen LogP contribution < -0.4 is 10.6 Å². The van der Waals surface area contributed by atoms with Crippen LogP contribution in [0.4, 0.5) is 10.1 Å². The Morgan fingerprint density at radius 1 is 1.08 bits per heavy atom. The molecule has 5 heteroatoms. The zero-order valence-corrected chi connectivity index (χ0v) is 14.3. The Labute approximate surface area is 143 Å². The van der Waals surface area contributed by atoms with Crippen LogP contribution in [0.3, 0.4) is 0 Å².